The molecule has 1 unspecified atom stereocenters. The summed E-state index contributed by atoms with van der Waals surface area (Å²) in [6, 6.07) is 8.29. The number of alkyl halides is 1. The maximum absolute atomic E-state index is 12.0. The van der Waals surface area contributed by atoms with Gasteiger partial charge < -0.3 is 4.74 Å². The molecular formula is C16H18FN3O. The minimum Gasteiger partial charge on any atom is -0.459 e. The fourth-order valence-corrected chi connectivity index (χ4v) is 2.80. The van der Waals surface area contributed by atoms with Gasteiger partial charge in [0, 0.05) is 0 Å². The molecule has 0 saturated heterocycles. The summed E-state index contributed by atoms with van der Waals surface area (Å²) in [5.41, 5.74) is 2.44. The molecule has 3 rings (SSSR count). The van der Waals surface area contributed by atoms with Crippen LogP contribution in [0.15, 0.2) is 18.2 Å². The molecule has 1 atom stereocenters. The van der Waals surface area contributed by atoms with E-state index in [4.69, 9.17) is 10.00 Å². The summed E-state index contributed by atoms with van der Waals surface area (Å²) < 4.78 is 19.9. The Kier molecular flexibility index (Phi) is 4.05. The number of nitrogens with zero attached hydrogens (tertiary/aromatic N) is 3. The zero-order chi connectivity index (χ0) is 14.7. The van der Waals surface area contributed by atoms with Crippen molar-refractivity contribution < 1.29 is 9.13 Å². The van der Waals surface area contributed by atoms with Gasteiger partial charge in [0.1, 0.15) is 6.10 Å². The molecular weight excluding hydrogens is 269 g/mol. The lowest BCUT2D eigenvalue weighted by molar-refractivity contribution is 0.209. The Labute approximate surface area is 123 Å². The maximum Gasteiger partial charge on any atom is 0.297 e. The molecule has 0 N–H and O–H groups in total. The van der Waals surface area contributed by atoms with Gasteiger partial charge in [0.2, 0.25) is 0 Å². The van der Waals surface area contributed by atoms with Crippen LogP contribution in [0.5, 0.6) is 6.01 Å². The second-order valence-corrected chi connectivity index (χ2v) is 5.45. The third-order valence-corrected chi connectivity index (χ3v) is 3.91. The molecule has 5 heteroatoms. The van der Waals surface area contributed by atoms with Crippen LogP contribution in [0.2, 0.25) is 0 Å². The topological polar surface area (TPSA) is 50.8 Å². The van der Waals surface area contributed by atoms with Crippen LogP contribution in [0.3, 0.4) is 0 Å². The smallest absolute Gasteiger partial charge is 0.297 e. The first-order valence-electron chi connectivity index (χ1n) is 7.45. The third-order valence-electron chi connectivity index (χ3n) is 3.91. The van der Waals surface area contributed by atoms with Gasteiger partial charge in [0.15, 0.2) is 0 Å². The van der Waals surface area contributed by atoms with Crippen molar-refractivity contribution in [2.45, 2.75) is 44.8 Å². The van der Waals surface area contributed by atoms with Crippen molar-refractivity contribution in [1.29, 1.82) is 5.26 Å². The number of fused-ring (bicyclic) bond motifs is 3. The number of halogens is 1. The lowest BCUT2D eigenvalue weighted by Crippen LogP contribution is -2.14. The van der Waals surface area contributed by atoms with E-state index in [1.54, 1.807) is 6.07 Å². The number of imidazole rings is 1. The van der Waals surface area contributed by atoms with Gasteiger partial charge in [-0.05, 0) is 37.5 Å². The Morgan fingerprint density at radius 1 is 1.33 bits per heavy atom. The number of hydrogen-bond donors (Lipinski definition) is 0. The van der Waals surface area contributed by atoms with Crippen molar-refractivity contribution in [3.63, 3.8) is 0 Å². The zero-order valence-corrected chi connectivity index (χ0v) is 11.9. The highest BCUT2D eigenvalue weighted by molar-refractivity contribution is 5.78. The first-order chi connectivity index (χ1) is 10.3. The molecule has 0 radical (unpaired) electrons. The van der Waals surface area contributed by atoms with Crippen molar-refractivity contribution in [1.82, 2.24) is 9.55 Å². The van der Waals surface area contributed by atoms with E-state index in [0.29, 0.717) is 18.0 Å². The predicted molar refractivity (Wildman–Crippen MR) is 77.9 cm³/mol. The Morgan fingerprint density at radius 2 is 2.19 bits per heavy atom. The lowest BCUT2D eigenvalue weighted by atomic mass is 10.1. The quantitative estimate of drug-likeness (QED) is 0.763. The highest BCUT2D eigenvalue weighted by Crippen LogP contribution is 2.29. The fraction of sp³-hybridized carbons (Fsp3) is 0.500. The van der Waals surface area contributed by atoms with E-state index >= 15 is 0 Å². The molecule has 0 aliphatic carbocycles. The maximum atomic E-state index is 12.0. The molecule has 2 aromatic rings. The van der Waals surface area contributed by atoms with E-state index in [1.165, 1.54) is 0 Å². The molecule has 0 amide bonds. The molecule has 1 aromatic heterocycles. The van der Waals surface area contributed by atoms with Crippen LogP contribution in [-0.4, -0.2) is 22.3 Å². The normalized spacial score (nSPS) is 16.7. The van der Waals surface area contributed by atoms with Crippen LogP contribution < -0.4 is 4.74 Å². The van der Waals surface area contributed by atoms with Crippen LogP contribution >= 0.6 is 0 Å². The van der Waals surface area contributed by atoms with E-state index in [1.807, 2.05) is 12.1 Å². The van der Waals surface area contributed by atoms with E-state index in [-0.39, 0.29) is 12.8 Å². The van der Waals surface area contributed by atoms with Gasteiger partial charge in [-0.15, -0.1) is 0 Å². The summed E-state index contributed by atoms with van der Waals surface area (Å²) in [4.78, 5) is 4.45. The number of nitriles is 1. The summed E-state index contributed by atoms with van der Waals surface area (Å²) in [6.45, 7) is 0.590. The lowest BCUT2D eigenvalue weighted by Gasteiger charge is -2.08. The van der Waals surface area contributed by atoms with Gasteiger partial charge >= 0.3 is 0 Å². The predicted octanol–water partition coefficient (Wildman–Crippen LogP) is 3.59. The van der Waals surface area contributed by atoms with Gasteiger partial charge in [0.25, 0.3) is 6.01 Å². The molecule has 110 valence electrons. The van der Waals surface area contributed by atoms with Crippen molar-refractivity contribution in [2.24, 2.45) is 0 Å². The molecule has 4 nitrogen and oxygen atoms in total. The highest BCUT2D eigenvalue weighted by atomic mass is 19.1. The molecule has 0 bridgehead atoms. The third kappa shape index (κ3) is 2.85. The Balaban J connectivity index is 1.62. The zero-order valence-electron chi connectivity index (χ0n) is 11.9. The minimum atomic E-state index is -0.216. The SMILES string of the molecule is N#Cc1ccc2c(c1)nc1n2CC(CCCCCCF)O1. The van der Waals surface area contributed by atoms with Crippen LogP contribution in [0, 0.1) is 11.3 Å². The fourth-order valence-electron chi connectivity index (χ4n) is 2.80. The van der Waals surface area contributed by atoms with Crippen LogP contribution in [0.4, 0.5) is 4.39 Å². The summed E-state index contributed by atoms with van der Waals surface area (Å²) in [5, 5.41) is 8.91. The number of unbranched alkanes of at least 4 members (excludes halogenated alkanes) is 3. The number of aromatic nitrogens is 2. The Bertz CT molecular complexity index is 674. The number of benzene rings is 1. The molecule has 0 saturated carbocycles. The summed E-state index contributed by atoms with van der Waals surface area (Å²) in [7, 11) is 0. The van der Waals surface area contributed by atoms with Crippen molar-refractivity contribution >= 4 is 11.0 Å². The van der Waals surface area contributed by atoms with Crippen molar-refractivity contribution in [2.75, 3.05) is 6.67 Å². The van der Waals surface area contributed by atoms with Gasteiger partial charge in [-0.3, -0.25) is 8.96 Å². The van der Waals surface area contributed by atoms with Crippen molar-refractivity contribution in [3.05, 3.63) is 23.8 Å². The molecule has 1 aliphatic heterocycles. The standard InChI is InChI=1S/C16H18FN3O/c17-8-4-2-1-3-5-13-11-20-15-7-6-12(10-18)9-14(15)19-16(20)21-13/h6-7,9,13H,1-5,8,11H2. The molecule has 0 fully saturated rings. The number of hydrogen-bond acceptors (Lipinski definition) is 3. The van der Waals surface area contributed by atoms with E-state index in [2.05, 4.69) is 15.6 Å². The molecule has 1 aromatic carbocycles. The van der Waals surface area contributed by atoms with Gasteiger partial charge in [-0.1, -0.05) is 12.8 Å². The largest absolute Gasteiger partial charge is 0.459 e. The first-order valence-corrected chi connectivity index (χ1v) is 7.45. The van der Waals surface area contributed by atoms with Gasteiger partial charge in [-0.2, -0.15) is 10.2 Å². The minimum absolute atomic E-state index is 0.165. The summed E-state index contributed by atoms with van der Waals surface area (Å²) in [6.07, 6.45) is 4.88. The van der Waals surface area contributed by atoms with E-state index < -0.39 is 0 Å². The number of ether oxygens (including phenoxy) is 1. The Morgan fingerprint density at radius 3 is 3.00 bits per heavy atom. The van der Waals surface area contributed by atoms with E-state index in [0.717, 1.165) is 43.3 Å². The van der Waals surface area contributed by atoms with Crippen LogP contribution in [-0.2, 0) is 6.54 Å². The monoisotopic (exact) mass is 287 g/mol. The Hall–Kier alpha value is -2.09. The molecule has 0 spiro atoms. The highest BCUT2D eigenvalue weighted by Gasteiger charge is 2.25. The second-order valence-electron chi connectivity index (χ2n) is 5.45. The van der Waals surface area contributed by atoms with E-state index in [9.17, 15) is 4.39 Å². The summed E-state index contributed by atoms with van der Waals surface area (Å²) in [5.74, 6) is 0. The van der Waals surface area contributed by atoms with Gasteiger partial charge in [-0.25, -0.2) is 0 Å². The van der Waals surface area contributed by atoms with Crippen LogP contribution in [0.1, 0.15) is 37.7 Å². The first kappa shape index (κ1) is 13.9. The van der Waals surface area contributed by atoms with Crippen LogP contribution in [0.25, 0.3) is 11.0 Å². The summed E-state index contributed by atoms with van der Waals surface area (Å²) >= 11 is 0. The molecule has 21 heavy (non-hydrogen) atoms. The number of rotatable bonds is 6. The molecule has 1 aliphatic rings. The average Bonchev–Trinajstić information content (AvgIpc) is 3.03. The molecule has 2 heterocycles. The average molecular weight is 287 g/mol. The van der Waals surface area contributed by atoms with Gasteiger partial charge in [0.05, 0.1) is 35.9 Å². The van der Waals surface area contributed by atoms with Crippen molar-refractivity contribution in [3.8, 4) is 12.1 Å². The second kappa shape index (κ2) is 6.13.